The van der Waals surface area contributed by atoms with E-state index in [4.69, 9.17) is 17.3 Å². The number of para-hydroxylation sites is 1. The van der Waals surface area contributed by atoms with E-state index in [0.29, 0.717) is 5.69 Å². The average Bonchev–Trinajstić information content (AvgIpc) is 2.81. The van der Waals surface area contributed by atoms with Crippen LogP contribution < -0.4 is 5.73 Å². The Bertz CT molecular complexity index is 794. The fraction of sp³-hybridized carbons (Fsp3) is 0. The number of nitrogen functional groups attached to an aromatic ring is 1. The third-order valence-electron chi connectivity index (χ3n) is 3.04. The molecule has 0 aliphatic carbocycles. The Labute approximate surface area is 124 Å². The van der Waals surface area contributed by atoms with Crippen LogP contribution in [0.2, 0.25) is 5.02 Å². The molecule has 3 rings (SSSR count). The largest absolute Gasteiger partial charge is 0.384 e. The quantitative estimate of drug-likeness (QED) is 0.776. The molecule has 0 unspecified atom stereocenters. The Morgan fingerprint density at radius 3 is 2.43 bits per heavy atom. The highest BCUT2D eigenvalue weighted by molar-refractivity contribution is 6.32. The van der Waals surface area contributed by atoms with Crippen LogP contribution in [0.25, 0.3) is 16.9 Å². The van der Waals surface area contributed by atoms with Crippen LogP contribution in [-0.4, -0.2) is 9.78 Å². The molecule has 0 atom stereocenters. The molecule has 21 heavy (non-hydrogen) atoms. The molecule has 106 valence electrons. The van der Waals surface area contributed by atoms with Crippen molar-refractivity contribution >= 4 is 17.4 Å². The zero-order valence-corrected chi connectivity index (χ0v) is 11.5. The Balaban J connectivity index is 2.18. The Morgan fingerprint density at radius 2 is 1.71 bits per heavy atom. The summed E-state index contributed by atoms with van der Waals surface area (Å²) in [5.41, 5.74) is 6.49. The first-order valence-electron chi connectivity index (χ1n) is 6.13. The summed E-state index contributed by atoms with van der Waals surface area (Å²) in [6.07, 6.45) is 0. The van der Waals surface area contributed by atoms with Crippen LogP contribution in [0.3, 0.4) is 0 Å². The molecule has 3 nitrogen and oxygen atoms in total. The van der Waals surface area contributed by atoms with E-state index in [1.54, 1.807) is 18.2 Å². The number of aromatic nitrogens is 2. The van der Waals surface area contributed by atoms with Gasteiger partial charge >= 0.3 is 0 Å². The smallest absolute Gasteiger partial charge is 0.150 e. The van der Waals surface area contributed by atoms with Crippen LogP contribution in [0.5, 0.6) is 0 Å². The first-order valence-corrected chi connectivity index (χ1v) is 6.50. The van der Waals surface area contributed by atoms with E-state index in [0.717, 1.165) is 0 Å². The van der Waals surface area contributed by atoms with E-state index >= 15 is 0 Å². The first-order chi connectivity index (χ1) is 10.1. The number of rotatable bonds is 2. The first kappa shape index (κ1) is 13.6. The van der Waals surface area contributed by atoms with Gasteiger partial charge in [0, 0.05) is 11.6 Å². The average molecular weight is 306 g/mol. The van der Waals surface area contributed by atoms with Crippen LogP contribution in [0.1, 0.15) is 0 Å². The van der Waals surface area contributed by atoms with E-state index in [1.807, 2.05) is 0 Å². The summed E-state index contributed by atoms with van der Waals surface area (Å²) < 4.78 is 28.9. The van der Waals surface area contributed by atoms with Gasteiger partial charge in [-0.1, -0.05) is 29.8 Å². The molecule has 0 radical (unpaired) electrons. The minimum absolute atomic E-state index is 0.0410. The van der Waals surface area contributed by atoms with Gasteiger partial charge in [0.1, 0.15) is 23.1 Å². The third-order valence-corrected chi connectivity index (χ3v) is 3.34. The van der Waals surface area contributed by atoms with Crippen molar-refractivity contribution in [1.29, 1.82) is 0 Å². The van der Waals surface area contributed by atoms with Crippen molar-refractivity contribution in [2.75, 3.05) is 5.73 Å². The van der Waals surface area contributed by atoms with Gasteiger partial charge in [-0.05, 0) is 24.3 Å². The molecule has 3 aromatic rings. The highest BCUT2D eigenvalue weighted by Gasteiger charge is 2.16. The zero-order valence-electron chi connectivity index (χ0n) is 10.7. The Hall–Kier alpha value is -2.40. The molecular formula is C15H10ClF2N3. The molecule has 0 spiro atoms. The second-order valence-corrected chi connectivity index (χ2v) is 4.82. The van der Waals surface area contributed by atoms with E-state index in [-0.39, 0.29) is 22.1 Å². The fourth-order valence-electron chi connectivity index (χ4n) is 2.07. The van der Waals surface area contributed by atoms with Gasteiger partial charge in [-0.3, -0.25) is 0 Å². The molecule has 1 aromatic heterocycles. The fourth-order valence-corrected chi connectivity index (χ4v) is 2.31. The van der Waals surface area contributed by atoms with Crippen molar-refractivity contribution in [3.05, 3.63) is 65.2 Å². The predicted molar refractivity (Wildman–Crippen MR) is 78.3 cm³/mol. The molecular weight excluding hydrogens is 296 g/mol. The van der Waals surface area contributed by atoms with Crippen molar-refractivity contribution in [3.8, 4) is 16.9 Å². The van der Waals surface area contributed by atoms with E-state index in [9.17, 15) is 8.78 Å². The Morgan fingerprint density at radius 1 is 1.00 bits per heavy atom. The van der Waals surface area contributed by atoms with Crippen molar-refractivity contribution in [3.63, 3.8) is 0 Å². The van der Waals surface area contributed by atoms with Gasteiger partial charge in [-0.25, -0.2) is 13.5 Å². The molecule has 0 saturated carbocycles. The second-order valence-electron chi connectivity index (χ2n) is 4.42. The normalized spacial score (nSPS) is 10.8. The van der Waals surface area contributed by atoms with Crippen LogP contribution in [0.4, 0.5) is 14.6 Å². The summed E-state index contributed by atoms with van der Waals surface area (Å²) in [6, 6.07) is 11.9. The zero-order chi connectivity index (χ0) is 15.0. The lowest BCUT2D eigenvalue weighted by atomic mass is 10.1. The maximum Gasteiger partial charge on any atom is 0.150 e. The number of nitrogens with zero attached hydrogens (tertiary/aromatic N) is 2. The minimum atomic E-state index is -0.558. The van der Waals surface area contributed by atoms with E-state index < -0.39 is 11.6 Å². The summed E-state index contributed by atoms with van der Waals surface area (Å²) in [5.74, 6) is -0.820. The molecule has 0 aliphatic rings. The number of halogens is 3. The maximum absolute atomic E-state index is 13.9. The van der Waals surface area contributed by atoms with Crippen molar-refractivity contribution in [1.82, 2.24) is 9.78 Å². The molecule has 2 aromatic carbocycles. The lowest BCUT2D eigenvalue weighted by molar-refractivity contribution is 0.611. The van der Waals surface area contributed by atoms with Gasteiger partial charge in [-0.2, -0.15) is 5.10 Å². The van der Waals surface area contributed by atoms with Crippen molar-refractivity contribution < 1.29 is 8.78 Å². The second kappa shape index (κ2) is 5.18. The standard InChI is InChI=1S/C15H10ClF2N3/c16-10-5-3-7-12(18)15(10)21-14(19)8-13(20-21)9-4-1-2-6-11(9)17/h1-8H,19H2. The van der Waals surface area contributed by atoms with Gasteiger partial charge in [0.05, 0.1) is 10.7 Å². The molecule has 0 aliphatic heterocycles. The third kappa shape index (κ3) is 2.36. The van der Waals surface area contributed by atoms with Crippen LogP contribution in [0, 0.1) is 11.6 Å². The van der Waals surface area contributed by atoms with Gasteiger partial charge in [0.25, 0.3) is 0 Å². The molecule has 0 fully saturated rings. The minimum Gasteiger partial charge on any atom is -0.384 e. The topological polar surface area (TPSA) is 43.8 Å². The number of anilines is 1. The van der Waals surface area contributed by atoms with Crippen LogP contribution in [0.15, 0.2) is 48.5 Å². The molecule has 2 N–H and O–H groups in total. The van der Waals surface area contributed by atoms with Gasteiger partial charge in [0.2, 0.25) is 0 Å². The monoisotopic (exact) mass is 305 g/mol. The lowest BCUT2D eigenvalue weighted by Crippen LogP contribution is -2.05. The summed E-state index contributed by atoms with van der Waals surface area (Å²) in [4.78, 5) is 0. The summed E-state index contributed by atoms with van der Waals surface area (Å²) >= 11 is 5.99. The van der Waals surface area contributed by atoms with Gasteiger partial charge in [0.15, 0.2) is 0 Å². The summed E-state index contributed by atoms with van der Waals surface area (Å²) in [7, 11) is 0. The molecule has 1 heterocycles. The van der Waals surface area contributed by atoms with E-state index in [1.165, 1.54) is 35.0 Å². The molecule has 0 amide bonds. The predicted octanol–water partition coefficient (Wildman–Crippen LogP) is 4.05. The highest BCUT2D eigenvalue weighted by atomic mass is 35.5. The number of hydrogen-bond donors (Lipinski definition) is 1. The number of nitrogens with two attached hydrogens (primary N) is 1. The lowest BCUT2D eigenvalue weighted by Gasteiger charge is -2.07. The SMILES string of the molecule is Nc1cc(-c2ccccc2F)nn1-c1c(F)cccc1Cl. The molecule has 0 saturated heterocycles. The van der Waals surface area contributed by atoms with E-state index in [2.05, 4.69) is 5.10 Å². The summed E-state index contributed by atoms with van der Waals surface area (Å²) in [5, 5.41) is 4.33. The molecule has 6 heteroatoms. The number of benzene rings is 2. The molecule has 0 bridgehead atoms. The number of hydrogen-bond acceptors (Lipinski definition) is 2. The van der Waals surface area contributed by atoms with Crippen molar-refractivity contribution in [2.45, 2.75) is 0 Å². The van der Waals surface area contributed by atoms with Crippen molar-refractivity contribution in [2.24, 2.45) is 0 Å². The van der Waals surface area contributed by atoms with Gasteiger partial charge in [-0.15, -0.1) is 0 Å². The van der Waals surface area contributed by atoms with Crippen LogP contribution in [-0.2, 0) is 0 Å². The van der Waals surface area contributed by atoms with Crippen LogP contribution >= 0.6 is 11.6 Å². The Kier molecular flexibility index (Phi) is 3.35. The van der Waals surface area contributed by atoms with Gasteiger partial charge < -0.3 is 5.73 Å². The summed E-state index contributed by atoms with van der Waals surface area (Å²) in [6.45, 7) is 0. The maximum atomic E-state index is 13.9. The highest BCUT2D eigenvalue weighted by Crippen LogP contribution is 2.29.